The molecule has 1 aliphatic carbocycles. The lowest BCUT2D eigenvalue weighted by Gasteiger charge is -2.34. The molecule has 90 heavy (non-hydrogen) atoms. The third kappa shape index (κ3) is 15.7. The number of esters is 1. The van der Waals surface area contributed by atoms with Gasteiger partial charge in [0, 0.05) is 33.9 Å². The van der Waals surface area contributed by atoms with E-state index in [1.165, 1.54) is 64.4 Å². The number of cyclic esters (lactones) is 1. The number of hydrogen-bond donors (Lipinski definition) is 14. The molecular weight excluding hydrogens is 1250 g/mol. The average Bonchev–Trinajstić information content (AvgIpc) is 1.19. The van der Waals surface area contributed by atoms with Gasteiger partial charge < -0.3 is 72.8 Å². The molecule has 33 heteroatoms. The van der Waals surface area contributed by atoms with Crippen molar-refractivity contribution in [3.05, 3.63) is 107 Å². The minimum atomic E-state index is -2.11. The van der Waals surface area contributed by atoms with Crippen molar-refractivity contribution in [2.75, 3.05) is 12.4 Å². The fourth-order valence-corrected chi connectivity index (χ4v) is 13.4. The highest BCUT2D eigenvalue weighted by Gasteiger charge is 2.43. The summed E-state index contributed by atoms with van der Waals surface area (Å²) in [7, 11) is 0. The van der Waals surface area contributed by atoms with E-state index in [9.17, 15) is 68.7 Å². The summed E-state index contributed by atoms with van der Waals surface area (Å²) in [5.41, 5.74) is -2.70. The zero-order valence-corrected chi connectivity index (χ0v) is 53.2. The van der Waals surface area contributed by atoms with E-state index in [2.05, 4.69) is 74.4 Å². The number of ether oxygens (including phenoxy) is 1. The van der Waals surface area contributed by atoms with Crippen LogP contribution in [-0.2, 0) is 39.9 Å². The Morgan fingerprint density at radius 2 is 1.41 bits per heavy atom. The summed E-state index contributed by atoms with van der Waals surface area (Å²) in [5, 5.41) is 85.2. The van der Waals surface area contributed by atoms with Crippen LogP contribution < -0.4 is 47.9 Å². The smallest absolute Gasteiger partial charge is 0.357 e. The summed E-state index contributed by atoms with van der Waals surface area (Å²) in [4.78, 5) is 149. The number of thiazole rings is 3. The van der Waals surface area contributed by atoms with Crippen molar-refractivity contribution in [3.63, 3.8) is 0 Å². The fraction of sp³-hybridized carbons (Fsp3) is 0.474. The lowest BCUT2D eigenvalue weighted by molar-refractivity contribution is -0.130. The Kier molecular flexibility index (Phi) is 22.0. The van der Waals surface area contributed by atoms with Crippen LogP contribution in [-0.4, -0.2) is 170 Å². The SMILES string of the molecule is C=C1NC(=O)[C@@H](C)NC(=O)C(CCC)N[C@@H]2C=Cc3c([C@H](C)O)cc(nc3[C@@H]2O)C(=O)OC[C@H]2NC(=O)c3csc(n3)C([C@](C)(O)[C@H](C)O)NC(=O)[C@H]3CSC(=N3)/C(=C/C)NC(=O)C([C@H](C)O)NC(=O)c3csc(n3)[C@@H](Cc3csc2n3)NC(=O)[C@@H](C)NC1=O. The Labute approximate surface area is 532 Å². The van der Waals surface area contributed by atoms with Crippen molar-refractivity contribution < 1.29 is 73.4 Å². The monoisotopic (exact) mass is 1320 g/mol. The third-order valence-electron chi connectivity index (χ3n) is 15.0. The van der Waals surface area contributed by atoms with Crippen molar-refractivity contribution in [1.82, 2.24) is 67.8 Å². The number of carbonyl (C=O) groups is 9. The third-order valence-corrected chi connectivity index (χ3v) is 19.0. The van der Waals surface area contributed by atoms with Crippen LogP contribution in [0.3, 0.4) is 0 Å². The van der Waals surface area contributed by atoms with E-state index in [-0.39, 0.29) is 84.0 Å². The van der Waals surface area contributed by atoms with Gasteiger partial charge in [0.2, 0.25) is 29.5 Å². The van der Waals surface area contributed by atoms with Gasteiger partial charge in [-0.3, -0.25) is 48.7 Å². The first-order valence-corrected chi connectivity index (χ1v) is 32.2. The molecule has 0 radical (unpaired) electrons. The summed E-state index contributed by atoms with van der Waals surface area (Å²) < 4.78 is 5.89. The minimum absolute atomic E-state index is 0.0221. The topological polar surface area (TPSA) is 436 Å². The Morgan fingerprint density at radius 1 is 0.756 bits per heavy atom. The Balaban J connectivity index is 1.23. The average molecular weight is 1320 g/mol. The van der Waals surface area contributed by atoms with Crippen molar-refractivity contribution in [2.24, 2.45) is 4.99 Å². The zero-order chi connectivity index (χ0) is 65.6. The van der Waals surface area contributed by atoms with Crippen LogP contribution in [0.1, 0.15) is 168 Å². The molecule has 14 N–H and O–H groups in total. The second-order valence-corrected chi connectivity index (χ2v) is 25.7. The van der Waals surface area contributed by atoms with Crippen molar-refractivity contribution >= 4 is 110 Å². The second kappa shape index (κ2) is 29.0. The number of hydrogen-bond acceptors (Lipinski definition) is 25. The molecule has 4 aromatic heterocycles. The van der Waals surface area contributed by atoms with Crippen LogP contribution in [0.25, 0.3) is 6.08 Å². The molecule has 0 aromatic carbocycles. The van der Waals surface area contributed by atoms with Crippen LogP contribution in [0, 0.1) is 0 Å². The number of aliphatic imine (C=N–C) groups is 1. The van der Waals surface area contributed by atoms with Gasteiger partial charge in [-0.15, -0.1) is 45.8 Å². The number of amides is 8. The maximum atomic E-state index is 14.5. The first kappa shape index (κ1) is 68.2. The van der Waals surface area contributed by atoms with Crippen LogP contribution in [0.2, 0.25) is 0 Å². The number of rotatable bonds is 6. The molecule has 0 fully saturated rings. The normalized spacial score (nSPS) is 27.6. The molecule has 0 saturated carbocycles. The molecule has 14 atom stereocenters. The minimum Gasteiger partial charge on any atom is -0.458 e. The number of pyridine rings is 1. The van der Waals surface area contributed by atoms with Crippen LogP contribution in [0.5, 0.6) is 0 Å². The summed E-state index contributed by atoms with van der Waals surface area (Å²) in [5.74, 6) is -7.70. The van der Waals surface area contributed by atoms with Crippen molar-refractivity contribution in [1.29, 1.82) is 0 Å². The summed E-state index contributed by atoms with van der Waals surface area (Å²) in [6.45, 7) is 14.4. The van der Waals surface area contributed by atoms with Crippen LogP contribution >= 0.6 is 45.8 Å². The van der Waals surface area contributed by atoms with E-state index in [0.29, 0.717) is 6.42 Å². The molecule has 8 amide bonds. The number of aromatic nitrogens is 4. The van der Waals surface area contributed by atoms with Gasteiger partial charge in [0.25, 0.3) is 17.7 Å². The van der Waals surface area contributed by atoms with Gasteiger partial charge in [-0.05, 0) is 66.5 Å². The van der Waals surface area contributed by atoms with Gasteiger partial charge in [0.05, 0.1) is 59.2 Å². The van der Waals surface area contributed by atoms with E-state index in [4.69, 9.17) is 9.72 Å². The summed E-state index contributed by atoms with van der Waals surface area (Å²) >= 11 is 3.86. The van der Waals surface area contributed by atoms with Gasteiger partial charge in [-0.2, -0.15) is 0 Å². The predicted octanol–water partition coefficient (Wildman–Crippen LogP) is 0.388. The first-order chi connectivity index (χ1) is 42.6. The number of aliphatic hydroxyl groups is 5. The van der Waals surface area contributed by atoms with Gasteiger partial charge in [-0.25, -0.2) is 24.7 Å². The molecule has 482 valence electrons. The maximum absolute atomic E-state index is 14.5. The molecule has 3 aliphatic heterocycles. The fourth-order valence-electron chi connectivity index (χ4n) is 9.60. The number of nitrogens with zero attached hydrogens (tertiary/aromatic N) is 5. The highest BCUT2D eigenvalue weighted by Crippen LogP contribution is 2.36. The lowest BCUT2D eigenvalue weighted by Crippen LogP contribution is -2.54. The summed E-state index contributed by atoms with van der Waals surface area (Å²) in [6.07, 6.45) is -0.635. The quantitative estimate of drug-likeness (QED) is 0.0917. The molecule has 13 bridgehead atoms. The summed E-state index contributed by atoms with van der Waals surface area (Å²) in [6, 6.07) is -10.0. The molecule has 29 nitrogen and oxygen atoms in total. The number of thioether (sulfide) groups is 1. The Hall–Kier alpha value is -7.73. The number of carbonyl (C=O) groups excluding carboxylic acids is 9. The second-order valence-electron chi connectivity index (χ2n) is 22.0. The number of nitrogens with one attached hydrogen (secondary N) is 9. The molecule has 7 heterocycles. The molecule has 8 rings (SSSR count). The van der Waals surface area contributed by atoms with Crippen molar-refractivity contribution in [2.45, 2.75) is 159 Å². The van der Waals surface area contributed by atoms with Crippen LogP contribution in [0.4, 0.5) is 0 Å². The number of fused-ring (bicyclic) bond motifs is 9. The Bertz CT molecular complexity index is 3560. The van der Waals surface area contributed by atoms with Gasteiger partial charge in [-0.1, -0.05) is 38.2 Å². The largest absolute Gasteiger partial charge is 0.458 e. The highest BCUT2D eigenvalue weighted by atomic mass is 32.2. The number of aliphatic hydroxyl groups excluding tert-OH is 4. The zero-order valence-electron chi connectivity index (χ0n) is 50.0. The highest BCUT2D eigenvalue weighted by molar-refractivity contribution is 8.14. The van der Waals surface area contributed by atoms with E-state index in [0.717, 1.165) is 45.8 Å². The van der Waals surface area contributed by atoms with Gasteiger partial charge in [0.15, 0.2) is 0 Å². The van der Waals surface area contributed by atoms with Crippen molar-refractivity contribution in [3.8, 4) is 0 Å². The molecule has 4 aromatic rings. The maximum Gasteiger partial charge on any atom is 0.357 e. The van der Waals surface area contributed by atoms with E-state index >= 15 is 0 Å². The lowest BCUT2D eigenvalue weighted by atomic mass is 9.90. The van der Waals surface area contributed by atoms with Gasteiger partial charge >= 0.3 is 5.97 Å². The standard InChI is InChI=1S/C57H70N14O15S4/c1-10-12-33-47(79)60-23(4)45(77)58-22(3)44(76)59-24(5)46(78)65-34-15-28-18-87-54(61-28)36(17-86-56(84)35-16-30(25(6)72)29-13-14-32(62-33)42(75)41(29)63-35)66-48(80)37-21-90-55(69-37)43(57(9,85)27(8)74)71-50(82)39-20-88-52(67-39)31(11-2)64-51(83)40(26(7)73)70-49(81)38-19-89-53(34)68-38/h11,13-14,16,18-19,21,23-27,32-34,36,39-40,42-43,62,72-75,85H,3,10,12,15,17,20H2,1-2,4-9H3,(H,58,77)(H,59,76)(H,60,79)(H,64,83)(H,65,78)(H,66,80)(H,70,81)(H,71,82)/b31-11-/t23-,24-,25+,26+,27+,32-,33?,34-,36-,39-,40?,42-,43?,57-/m1/s1. The van der Waals surface area contributed by atoms with E-state index in [1.54, 1.807) is 24.5 Å². The Morgan fingerprint density at radius 3 is 2.08 bits per heavy atom. The molecule has 0 spiro atoms. The molecule has 0 saturated heterocycles. The van der Waals surface area contributed by atoms with E-state index < -0.39 is 150 Å². The number of allylic oxidation sites excluding steroid dienone is 1. The van der Waals surface area contributed by atoms with E-state index in [1.807, 2.05) is 6.92 Å². The molecule has 4 aliphatic rings. The van der Waals surface area contributed by atoms with Crippen LogP contribution in [0.15, 0.2) is 57.3 Å². The van der Waals surface area contributed by atoms with Gasteiger partial charge in [0.1, 0.15) is 91.7 Å². The molecule has 3 unspecified atom stereocenters. The predicted molar refractivity (Wildman–Crippen MR) is 330 cm³/mol. The molecular formula is C57H70N14O15S4. The first-order valence-electron chi connectivity index (χ1n) is 28.6.